The second-order valence-corrected chi connectivity index (χ2v) is 7.40. The summed E-state index contributed by atoms with van der Waals surface area (Å²) in [6.45, 7) is 0. The van der Waals surface area contributed by atoms with Crippen LogP contribution < -0.4 is 5.32 Å². The molecule has 4 nitrogen and oxygen atoms in total. The SMILES string of the molecule is CNC(=O)c1ccc(/C=C/C(=O)N(C)C2CCC(c3ccccc3)CC2)cc1. The van der Waals surface area contributed by atoms with Crippen molar-refractivity contribution >= 4 is 17.9 Å². The Morgan fingerprint density at radius 2 is 1.61 bits per heavy atom. The Bertz CT molecular complexity index is 819. The summed E-state index contributed by atoms with van der Waals surface area (Å²) in [5.74, 6) is 0.520. The van der Waals surface area contributed by atoms with Gasteiger partial charge in [0.2, 0.25) is 5.91 Å². The summed E-state index contributed by atoms with van der Waals surface area (Å²) in [5, 5.41) is 2.60. The summed E-state index contributed by atoms with van der Waals surface area (Å²) < 4.78 is 0. The van der Waals surface area contributed by atoms with E-state index in [2.05, 4.69) is 35.6 Å². The molecule has 0 saturated heterocycles. The third-order valence-electron chi connectivity index (χ3n) is 5.68. The first-order valence-corrected chi connectivity index (χ1v) is 9.90. The molecule has 2 aromatic carbocycles. The number of benzene rings is 2. The van der Waals surface area contributed by atoms with Crippen molar-refractivity contribution in [2.45, 2.75) is 37.6 Å². The predicted octanol–water partition coefficient (Wildman–Crippen LogP) is 4.24. The fourth-order valence-corrected chi connectivity index (χ4v) is 3.88. The molecule has 0 radical (unpaired) electrons. The normalized spacial score (nSPS) is 19.4. The number of carbonyl (C=O) groups is 2. The largest absolute Gasteiger partial charge is 0.355 e. The van der Waals surface area contributed by atoms with Crippen molar-refractivity contribution in [2.75, 3.05) is 14.1 Å². The van der Waals surface area contributed by atoms with Gasteiger partial charge in [-0.05, 0) is 60.9 Å². The predicted molar refractivity (Wildman–Crippen MR) is 113 cm³/mol. The molecule has 1 fully saturated rings. The van der Waals surface area contributed by atoms with Crippen LogP contribution in [0.3, 0.4) is 0 Å². The molecule has 1 saturated carbocycles. The van der Waals surface area contributed by atoms with E-state index in [9.17, 15) is 9.59 Å². The maximum atomic E-state index is 12.6. The number of rotatable bonds is 5. The number of carbonyl (C=O) groups excluding carboxylic acids is 2. The molecule has 1 aliphatic rings. The third-order valence-corrected chi connectivity index (χ3v) is 5.68. The Kier molecular flexibility index (Phi) is 6.64. The van der Waals surface area contributed by atoms with Crippen LogP contribution in [0.25, 0.3) is 6.08 Å². The van der Waals surface area contributed by atoms with Gasteiger partial charge < -0.3 is 10.2 Å². The molecule has 0 atom stereocenters. The lowest BCUT2D eigenvalue weighted by Gasteiger charge is -2.34. The maximum absolute atomic E-state index is 12.6. The van der Waals surface area contributed by atoms with Crippen LogP contribution in [0.15, 0.2) is 60.7 Å². The minimum absolute atomic E-state index is 0.0264. The lowest BCUT2D eigenvalue weighted by molar-refractivity contribution is -0.127. The highest BCUT2D eigenvalue weighted by Crippen LogP contribution is 2.34. The van der Waals surface area contributed by atoms with Crippen molar-refractivity contribution < 1.29 is 9.59 Å². The lowest BCUT2D eigenvalue weighted by Crippen LogP contribution is -2.38. The van der Waals surface area contributed by atoms with Gasteiger partial charge in [-0.15, -0.1) is 0 Å². The van der Waals surface area contributed by atoms with Gasteiger partial charge in [-0.25, -0.2) is 0 Å². The van der Waals surface area contributed by atoms with E-state index < -0.39 is 0 Å². The van der Waals surface area contributed by atoms with Gasteiger partial charge in [0, 0.05) is 31.8 Å². The van der Waals surface area contributed by atoms with Gasteiger partial charge in [-0.3, -0.25) is 9.59 Å². The Labute approximate surface area is 167 Å². The molecule has 0 heterocycles. The zero-order valence-electron chi connectivity index (χ0n) is 16.6. The quantitative estimate of drug-likeness (QED) is 0.794. The fourth-order valence-electron chi connectivity index (χ4n) is 3.88. The van der Waals surface area contributed by atoms with E-state index in [-0.39, 0.29) is 11.8 Å². The topological polar surface area (TPSA) is 49.4 Å². The van der Waals surface area contributed by atoms with Gasteiger partial charge in [0.25, 0.3) is 5.91 Å². The van der Waals surface area contributed by atoms with Crippen molar-refractivity contribution in [3.63, 3.8) is 0 Å². The number of nitrogens with one attached hydrogen (secondary N) is 1. The Balaban J connectivity index is 1.53. The molecule has 0 bridgehead atoms. The van der Waals surface area contributed by atoms with Crippen molar-refractivity contribution in [3.05, 3.63) is 77.4 Å². The van der Waals surface area contributed by atoms with E-state index in [4.69, 9.17) is 0 Å². The molecule has 28 heavy (non-hydrogen) atoms. The van der Waals surface area contributed by atoms with E-state index in [0.29, 0.717) is 17.5 Å². The number of amides is 2. The second kappa shape index (κ2) is 9.36. The summed E-state index contributed by atoms with van der Waals surface area (Å²) in [7, 11) is 3.51. The standard InChI is InChI=1S/C24H28N2O2/c1-25-24(28)21-11-8-18(9-12-21)10-17-23(27)26(2)22-15-13-20(14-16-22)19-6-4-3-5-7-19/h3-12,17,20,22H,13-16H2,1-2H3,(H,25,28)/b17-10+. The van der Waals surface area contributed by atoms with Gasteiger partial charge in [0.05, 0.1) is 0 Å². The summed E-state index contributed by atoms with van der Waals surface area (Å²) in [6.07, 6.45) is 7.75. The van der Waals surface area contributed by atoms with Crippen LogP contribution in [0.5, 0.6) is 0 Å². The molecule has 0 aliphatic heterocycles. The van der Waals surface area contributed by atoms with Crippen molar-refractivity contribution in [1.29, 1.82) is 0 Å². The molecule has 4 heteroatoms. The van der Waals surface area contributed by atoms with Gasteiger partial charge >= 0.3 is 0 Å². The molecule has 0 spiro atoms. The van der Waals surface area contributed by atoms with Crippen LogP contribution in [0, 0.1) is 0 Å². The monoisotopic (exact) mass is 376 g/mol. The zero-order valence-corrected chi connectivity index (χ0v) is 16.6. The maximum Gasteiger partial charge on any atom is 0.251 e. The first-order chi connectivity index (χ1) is 13.6. The number of hydrogen-bond donors (Lipinski definition) is 1. The molecular weight excluding hydrogens is 348 g/mol. The van der Waals surface area contributed by atoms with E-state index in [1.54, 1.807) is 25.3 Å². The number of likely N-dealkylation sites (N-methyl/N-ethyl adjacent to an activating group) is 1. The molecule has 2 aromatic rings. The zero-order chi connectivity index (χ0) is 19.9. The average Bonchev–Trinajstić information content (AvgIpc) is 2.77. The molecule has 0 unspecified atom stereocenters. The first-order valence-electron chi connectivity index (χ1n) is 9.90. The minimum Gasteiger partial charge on any atom is -0.355 e. The van der Waals surface area contributed by atoms with Crippen molar-refractivity contribution in [2.24, 2.45) is 0 Å². The molecule has 0 aromatic heterocycles. The minimum atomic E-state index is -0.113. The summed E-state index contributed by atoms with van der Waals surface area (Å²) in [5.41, 5.74) is 2.93. The lowest BCUT2D eigenvalue weighted by atomic mass is 9.81. The van der Waals surface area contributed by atoms with Crippen LogP contribution in [-0.4, -0.2) is 36.9 Å². The van der Waals surface area contributed by atoms with Crippen LogP contribution >= 0.6 is 0 Å². The van der Waals surface area contributed by atoms with Crippen LogP contribution in [0.2, 0.25) is 0 Å². The van der Waals surface area contributed by atoms with Crippen molar-refractivity contribution in [3.8, 4) is 0 Å². The highest BCUT2D eigenvalue weighted by Gasteiger charge is 2.26. The number of hydrogen-bond acceptors (Lipinski definition) is 2. The summed E-state index contributed by atoms with van der Waals surface area (Å²) >= 11 is 0. The van der Waals surface area contributed by atoms with Gasteiger partial charge in [0.1, 0.15) is 0 Å². The highest BCUT2D eigenvalue weighted by atomic mass is 16.2. The third kappa shape index (κ3) is 4.89. The van der Waals surface area contributed by atoms with Gasteiger partial charge in [-0.1, -0.05) is 42.5 Å². The van der Waals surface area contributed by atoms with E-state index >= 15 is 0 Å². The second-order valence-electron chi connectivity index (χ2n) is 7.40. The van der Waals surface area contributed by atoms with E-state index in [0.717, 1.165) is 31.2 Å². The molecule has 3 rings (SSSR count). The first kappa shape index (κ1) is 19.9. The van der Waals surface area contributed by atoms with Crippen LogP contribution in [0.4, 0.5) is 0 Å². The number of nitrogens with zero attached hydrogens (tertiary/aromatic N) is 1. The molecular formula is C24H28N2O2. The molecule has 1 aliphatic carbocycles. The Morgan fingerprint density at radius 1 is 0.964 bits per heavy atom. The van der Waals surface area contributed by atoms with Crippen LogP contribution in [0.1, 0.15) is 53.1 Å². The van der Waals surface area contributed by atoms with Crippen molar-refractivity contribution in [1.82, 2.24) is 10.2 Å². The summed E-state index contributed by atoms with van der Waals surface area (Å²) in [6, 6.07) is 18.2. The fraction of sp³-hybridized carbons (Fsp3) is 0.333. The average molecular weight is 377 g/mol. The molecule has 2 amide bonds. The summed E-state index contributed by atoms with van der Waals surface area (Å²) in [4.78, 5) is 26.0. The Morgan fingerprint density at radius 3 is 2.21 bits per heavy atom. The smallest absolute Gasteiger partial charge is 0.251 e. The highest BCUT2D eigenvalue weighted by molar-refractivity contribution is 5.94. The van der Waals surface area contributed by atoms with Gasteiger partial charge in [0.15, 0.2) is 0 Å². The molecule has 146 valence electrons. The molecule has 1 N–H and O–H groups in total. The van der Waals surface area contributed by atoms with Gasteiger partial charge in [-0.2, -0.15) is 0 Å². The van der Waals surface area contributed by atoms with E-state index in [1.807, 2.05) is 30.2 Å². The van der Waals surface area contributed by atoms with E-state index in [1.165, 1.54) is 5.56 Å². The Hall–Kier alpha value is -2.88. The van der Waals surface area contributed by atoms with Crippen LogP contribution in [-0.2, 0) is 4.79 Å².